The maximum Gasteiger partial charge on any atom is 0.453 e. The number of aryl methyl sites for hydroxylation is 1. The third kappa shape index (κ3) is 4.42. The van der Waals surface area contributed by atoms with E-state index in [1.54, 1.807) is 17.4 Å². The quantitative estimate of drug-likeness (QED) is 0.451. The number of rotatable bonds is 4. The highest BCUT2D eigenvalue weighted by atomic mass is 32.1. The molecule has 0 radical (unpaired) electrons. The van der Waals surface area contributed by atoms with Crippen LogP contribution in [0.1, 0.15) is 23.5 Å². The summed E-state index contributed by atoms with van der Waals surface area (Å²) in [5, 5.41) is 16.2. The van der Waals surface area contributed by atoms with Gasteiger partial charge in [-0.2, -0.15) is 17.7 Å². The van der Waals surface area contributed by atoms with Gasteiger partial charge in [-0.1, -0.05) is 0 Å². The van der Waals surface area contributed by atoms with Gasteiger partial charge in [-0.05, 0) is 44.0 Å². The second kappa shape index (κ2) is 8.37. The second-order valence-corrected chi connectivity index (χ2v) is 9.83. The van der Waals surface area contributed by atoms with E-state index in [9.17, 15) is 18.0 Å². The van der Waals surface area contributed by atoms with Crippen molar-refractivity contribution in [2.45, 2.75) is 25.9 Å². The highest BCUT2D eigenvalue weighted by molar-refractivity contribution is 7.17. The molecule has 8 nitrogen and oxygen atoms in total. The SMILES string of the molecule is Cc1ccc(-c2csc(NC(=O)C3CCN(c4ccc5nnc(C(F)(F)F)n5n4)CC3)n2)s1. The summed E-state index contributed by atoms with van der Waals surface area (Å²) in [6.07, 6.45) is -3.53. The number of hydrogen-bond donors (Lipinski definition) is 1. The van der Waals surface area contributed by atoms with Crippen LogP contribution in [0.4, 0.5) is 24.1 Å². The van der Waals surface area contributed by atoms with Crippen molar-refractivity contribution >= 4 is 45.2 Å². The van der Waals surface area contributed by atoms with Gasteiger partial charge in [0.2, 0.25) is 5.91 Å². The van der Waals surface area contributed by atoms with Crippen molar-refractivity contribution in [2.75, 3.05) is 23.3 Å². The van der Waals surface area contributed by atoms with E-state index in [2.05, 4.69) is 25.6 Å². The van der Waals surface area contributed by atoms with Crippen LogP contribution in [-0.2, 0) is 11.0 Å². The fourth-order valence-corrected chi connectivity index (χ4v) is 5.34. The number of fused-ring (bicyclic) bond motifs is 1. The number of piperidine rings is 1. The van der Waals surface area contributed by atoms with Gasteiger partial charge < -0.3 is 10.2 Å². The zero-order valence-electron chi connectivity index (χ0n) is 17.3. The molecule has 4 aromatic heterocycles. The maximum absolute atomic E-state index is 13.1. The number of thiophene rings is 1. The topological polar surface area (TPSA) is 88.3 Å². The van der Waals surface area contributed by atoms with Gasteiger partial charge in [-0.15, -0.1) is 38.0 Å². The Balaban J connectivity index is 1.22. The summed E-state index contributed by atoms with van der Waals surface area (Å²) in [5.41, 5.74) is 0.873. The van der Waals surface area contributed by atoms with Gasteiger partial charge in [-0.3, -0.25) is 4.79 Å². The van der Waals surface area contributed by atoms with E-state index in [-0.39, 0.29) is 17.5 Å². The second-order valence-electron chi connectivity index (χ2n) is 7.68. The molecule has 172 valence electrons. The van der Waals surface area contributed by atoms with Crippen molar-refractivity contribution in [3.05, 3.63) is 40.3 Å². The lowest BCUT2D eigenvalue weighted by Gasteiger charge is -2.31. The molecule has 0 saturated carbocycles. The molecule has 4 aromatic rings. The van der Waals surface area contributed by atoms with Crippen molar-refractivity contribution in [1.82, 2.24) is 24.8 Å². The molecule has 1 aliphatic rings. The van der Waals surface area contributed by atoms with Gasteiger partial charge >= 0.3 is 6.18 Å². The normalized spacial score (nSPS) is 15.3. The Kier molecular flexibility index (Phi) is 5.52. The number of nitrogens with one attached hydrogen (secondary N) is 1. The van der Waals surface area contributed by atoms with Crippen LogP contribution in [0.15, 0.2) is 29.6 Å². The summed E-state index contributed by atoms with van der Waals surface area (Å²) in [6, 6.07) is 7.12. The number of thiazole rings is 1. The minimum Gasteiger partial charge on any atom is -0.355 e. The van der Waals surface area contributed by atoms with Crippen molar-refractivity contribution in [1.29, 1.82) is 0 Å². The van der Waals surface area contributed by atoms with E-state index in [0.29, 0.717) is 41.4 Å². The highest BCUT2D eigenvalue weighted by Gasteiger charge is 2.38. The Hall–Kier alpha value is -3.06. The summed E-state index contributed by atoms with van der Waals surface area (Å²) in [7, 11) is 0. The molecule has 5 heterocycles. The molecule has 0 bridgehead atoms. The molecule has 1 aliphatic heterocycles. The van der Waals surface area contributed by atoms with E-state index < -0.39 is 12.0 Å². The Bertz CT molecular complexity index is 1300. The van der Waals surface area contributed by atoms with Crippen LogP contribution in [-0.4, -0.2) is 43.8 Å². The van der Waals surface area contributed by atoms with Crippen LogP contribution in [0, 0.1) is 12.8 Å². The van der Waals surface area contributed by atoms with Crippen LogP contribution >= 0.6 is 22.7 Å². The van der Waals surface area contributed by atoms with Crippen LogP contribution in [0.5, 0.6) is 0 Å². The van der Waals surface area contributed by atoms with Gasteiger partial charge in [0.25, 0.3) is 5.82 Å². The lowest BCUT2D eigenvalue weighted by atomic mass is 9.96. The summed E-state index contributed by atoms with van der Waals surface area (Å²) < 4.78 is 40.1. The van der Waals surface area contributed by atoms with Gasteiger partial charge in [0.1, 0.15) is 5.82 Å². The van der Waals surface area contributed by atoms with E-state index >= 15 is 0 Å². The minimum atomic E-state index is -4.64. The van der Waals surface area contributed by atoms with E-state index in [1.807, 2.05) is 29.3 Å². The smallest absolute Gasteiger partial charge is 0.355 e. The van der Waals surface area contributed by atoms with Gasteiger partial charge in [0, 0.05) is 29.3 Å². The molecule has 0 atom stereocenters. The van der Waals surface area contributed by atoms with Gasteiger partial charge in [-0.25, -0.2) is 4.98 Å². The van der Waals surface area contributed by atoms with Crippen LogP contribution in [0.2, 0.25) is 0 Å². The lowest BCUT2D eigenvalue weighted by molar-refractivity contribution is -0.146. The molecule has 1 saturated heterocycles. The molecule has 13 heteroatoms. The minimum absolute atomic E-state index is 0.0286. The molecule has 0 aromatic carbocycles. The van der Waals surface area contributed by atoms with Crippen molar-refractivity contribution in [2.24, 2.45) is 5.92 Å². The van der Waals surface area contributed by atoms with E-state index in [4.69, 9.17) is 0 Å². The largest absolute Gasteiger partial charge is 0.453 e. The van der Waals surface area contributed by atoms with Gasteiger partial charge in [0.05, 0.1) is 10.6 Å². The Morgan fingerprint density at radius 3 is 2.64 bits per heavy atom. The molecule has 5 rings (SSSR count). The standard InChI is InChI=1S/C20H18F3N7OS2/c1-11-2-3-14(33-11)13-10-32-19(24-13)25-17(31)12-6-8-29(9-7-12)16-5-4-15-26-27-18(20(21,22)23)30(15)28-16/h2-5,10,12H,6-9H2,1H3,(H,24,25,31). The maximum atomic E-state index is 13.1. The van der Waals surface area contributed by atoms with Crippen LogP contribution in [0.25, 0.3) is 16.2 Å². The van der Waals surface area contributed by atoms with Crippen LogP contribution < -0.4 is 10.2 Å². The summed E-state index contributed by atoms with van der Waals surface area (Å²) in [4.78, 5) is 21.4. The number of hydrogen-bond acceptors (Lipinski definition) is 8. The molecule has 33 heavy (non-hydrogen) atoms. The van der Waals surface area contributed by atoms with Crippen molar-refractivity contribution in [3.63, 3.8) is 0 Å². The summed E-state index contributed by atoms with van der Waals surface area (Å²) in [5.74, 6) is -1.07. The third-order valence-corrected chi connectivity index (χ3v) is 7.20. The number of nitrogens with zero attached hydrogens (tertiary/aromatic N) is 6. The number of alkyl halides is 3. The first-order valence-electron chi connectivity index (χ1n) is 10.2. The van der Waals surface area contributed by atoms with Crippen LogP contribution in [0.3, 0.4) is 0 Å². The monoisotopic (exact) mass is 493 g/mol. The molecule has 1 fully saturated rings. The zero-order chi connectivity index (χ0) is 23.2. The fraction of sp³-hybridized carbons (Fsp3) is 0.350. The average Bonchev–Trinajstić information content (AvgIpc) is 3.52. The first-order valence-corrected chi connectivity index (χ1v) is 11.9. The van der Waals surface area contributed by atoms with E-state index in [1.165, 1.54) is 22.3 Å². The van der Waals surface area contributed by atoms with Crippen molar-refractivity contribution < 1.29 is 18.0 Å². The molecule has 0 unspecified atom stereocenters. The molecule has 0 spiro atoms. The van der Waals surface area contributed by atoms with Crippen molar-refractivity contribution in [3.8, 4) is 10.6 Å². The first-order chi connectivity index (χ1) is 15.8. The summed E-state index contributed by atoms with van der Waals surface area (Å²) >= 11 is 3.04. The fourth-order valence-electron chi connectivity index (χ4n) is 3.72. The number of carbonyl (C=O) groups excluding carboxylic acids is 1. The zero-order valence-corrected chi connectivity index (χ0v) is 19.0. The molecule has 1 amide bonds. The predicted molar refractivity (Wildman–Crippen MR) is 120 cm³/mol. The molecular weight excluding hydrogens is 475 g/mol. The van der Waals surface area contributed by atoms with E-state index in [0.717, 1.165) is 10.6 Å². The predicted octanol–water partition coefficient (Wildman–Crippen LogP) is 4.49. The molecule has 1 N–H and O–H groups in total. The lowest BCUT2D eigenvalue weighted by Crippen LogP contribution is -2.38. The number of amides is 1. The molecule has 0 aliphatic carbocycles. The molecular formula is C20H18F3N7OS2. The van der Waals surface area contributed by atoms with Gasteiger partial charge in [0.15, 0.2) is 10.8 Å². The Labute approximate surface area is 194 Å². The Morgan fingerprint density at radius 2 is 1.94 bits per heavy atom. The highest BCUT2D eigenvalue weighted by Crippen LogP contribution is 2.32. The number of halogens is 3. The average molecular weight is 494 g/mol. The third-order valence-electron chi connectivity index (χ3n) is 5.42. The first kappa shape index (κ1) is 21.8. The Morgan fingerprint density at radius 1 is 1.15 bits per heavy atom. The number of carbonyl (C=O) groups is 1. The number of anilines is 2. The number of aromatic nitrogens is 5. The summed E-state index contributed by atoms with van der Waals surface area (Å²) in [6.45, 7) is 3.03.